The van der Waals surface area contributed by atoms with Crippen LogP contribution in [0.4, 0.5) is 0 Å². The van der Waals surface area contributed by atoms with Crippen LogP contribution in [0, 0.1) is 5.92 Å². The molecule has 2 nitrogen and oxygen atoms in total. The Hall–Kier alpha value is -0.860. The molecule has 1 aliphatic carbocycles. The largest absolute Gasteiger partial charge is 0.381 e. The molecular formula is C16H23NO. The summed E-state index contributed by atoms with van der Waals surface area (Å²) in [6.45, 7) is 5.18. The Morgan fingerprint density at radius 2 is 2.06 bits per heavy atom. The molecule has 2 unspecified atom stereocenters. The highest BCUT2D eigenvalue weighted by Crippen LogP contribution is 2.41. The van der Waals surface area contributed by atoms with E-state index in [1.54, 1.807) is 11.1 Å². The van der Waals surface area contributed by atoms with Crippen molar-refractivity contribution in [2.45, 2.75) is 38.1 Å². The van der Waals surface area contributed by atoms with Gasteiger partial charge in [0.2, 0.25) is 0 Å². The van der Waals surface area contributed by atoms with E-state index in [1.807, 2.05) is 0 Å². The van der Waals surface area contributed by atoms with Crippen molar-refractivity contribution < 1.29 is 4.74 Å². The minimum Gasteiger partial charge on any atom is -0.381 e. The first-order valence-electron chi connectivity index (χ1n) is 7.29. The molecule has 2 aliphatic rings. The van der Waals surface area contributed by atoms with Crippen LogP contribution < -0.4 is 5.32 Å². The number of rotatable bonds is 4. The maximum atomic E-state index is 5.50. The van der Waals surface area contributed by atoms with Gasteiger partial charge < -0.3 is 10.1 Å². The van der Waals surface area contributed by atoms with Gasteiger partial charge in [0.1, 0.15) is 0 Å². The zero-order valence-electron chi connectivity index (χ0n) is 11.2. The first kappa shape index (κ1) is 12.2. The fourth-order valence-corrected chi connectivity index (χ4v) is 3.57. The number of hydrogen-bond donors (Lipinski definition) is 1. The third kappa shape index (κ3) is 2.19. The van der Waals surface area contributed by atoms with E-state index in [9.17, 15) is 0 Å². The molecule has 1 aromatic rings. The molecule has 2 atom stereocenters. The van der Waals surface area contributed by atoms with Gasteiger partial charge in [0.15, 0.2) is 0 Å². The van der Waals surface area contributed by atoms with Crippen LogP contribution in [0.1, 0.15) is 36.8 Å². The van der Waals surface area contributed by atoms with Crippen molar-refractivity contribution in [1.82, 2.24) is 5.32 Å². The van der Waals surface area contributed by atoms with E-state index in [-0.39, 0.29) is 0 Å². The number of likely N-dealkylation sites (N-methyl/N-ethyl adjacent to an activating group) is 1. The number of nitrogens with one attached hydrogen (secondary N) is 1. The molecule has 2 heteroatoms. The van der Waals surface area contributed by atoms with Crippen LogP contribution in [-0.2, 0) is 11.2 Å². The maximum absolute atomic E-state index is 5.50. The summed E-state index contributed by atoms with van der Waals surface area (Å²) in [7, 11) is 0. The molecule has 1 aliphatic heterocycles. The highest BCUT2D eigenvalue weighted by molar-refractivity contribution is 5.41. The van der Waals surface area contributed by atoms with E-state index in [2.05, 4.69) is 36.5 Å². The second-order valence-corrected chi connectivity index (χ2v) is 5.54. The van der Waals surface area contributed by atoms with Gasteiger partial charge in [-0.1, -0.05) is 31.2 Å². The Labute approximate surface area is 110 Å². The van der Waals surface area contributed by atoms with E-state index < -0.39 is 0 Å². The van der Waals surface area contributed by atoms with Crippen LogP contribution in [0.25, 0.3) is 0 Å². The first-order valence-corrected chi connectivity index (χ1v) is 7.29. The van der Waals surface area contributed by atoms with Gasteiger partial charge in [0, 0.05) is 25.2 Å². The molecule has 1 N–H and O–H groups in total. The summed E-state index contributed by atoms with van der Waals surface area (Å²) in [5.74, 6) is 1.52. The van der Waals surface area contributed by atoms with E-state index >= 15 is 0 Å². The molecule has 0 amide bonds. The average molecular weight is 245 g/mol. The highest BCUT2D eigenvalue weighted by atomic mass is 16.5. The molecule has 98 valence electrons. The van der Waals surface area contributed by atoms with Gasteiger partial charge in [-0.25, -0.2) is 0 Å². The summed E-state index contributed by atoms with van der Waals surface area (Å²) in [5.41, 5.74) is 3.13. The molecule has 0 radical (unpaired) electrons. The second-order valence-electron chi connectivity index (χ2n) is 5.54. The summed E-state index contributed by atoms with van der Waals surface area (Å²) in [4.78, 5) is 0. The molecule has 0 aromatic heterocycles. The SMILES string of the molecule is CCNC(C1CCOCC1)C1Cc2ccccc21. The summed E-state index contributed by atoms with van der Waals surface area (Å²) in [5, 5.41) is 3.74. The lowest BCUT2D eigenvalue weighted by molar-refractivity contribution is 0.0487. The summed E-state index contributed by atoms with van der Waals surface area (Å²) >= 11 is 0. The summed E-state index contributed by atoms with van der Waals surface area (Å²) in [6, 6.07) is 9.57. The average Bonchev–Trinajstić information content (AvgIpc) is 2.40. The molecule has 1 heterocycles. The fourth-order valence-electron chi connectivity index (χ4n) is 3.57. The van der Waals surface area contributed by atoms with Crippen molar-refractivity contribution in [2.24, 2.45) is 5.92 Å². The van der Waals surface area contributed by atoms with Gasteiger partial charge in [0.05, 0.1) is 0 Å². The molecule has 3 rings (SSSR count). The predicted octanol–water partition coefficient (Wildman–Crippen LogP) is 2.73. The second kappa shape index (κ2) is 5.41. The van der Waals surface area contributed by atoms with Crippen LogP contribution >= 0.6 is 0 Å². The lowest BCUT2D eigenvalue weighted by atomic mass is 9.69. The van der Waals surface area contributed by atoms with Crippen molar-refractivity contribution in [3.63, 3.8) is 0 Å². The minimum absolute atomic E-state index is 0.647. The van der Waals surface area contributed by atoms with Gasteiger partial charge in [-0.2, -0.15) is 0 Å². The smallest absolute Gasteiger partial charge is 0.0469 e. The standard InChI is InChI=1S/C16H23NO/c1-2-17-16(12-7-9-18-10-8-12)15-11-13-5-3-4-6-14(13)15/h3-6,12,15-17H,2,7-11H2,1H3. The third-order valence-corrected chi connectivity index (χ3v) is 4.54. The first-order chi connectivity index (χ1) is 8.90. The van der Waals surface area contributed by atoms with Gasteiger partial charge in [0.25, 0.3) is 0 Å². The van der Waals surface area contributed by atoms with Gasteiger partial charge in [-0.15, -0.1) is 0 Å². The summed E-state index contributed by atoms with van der Waals surface area (Å²) in [6.07, 6.45) is 3.69. The molecule has 18 heavy (non-hydrogen) atoms. The van der Waals surface area contributed by atoms with E-state index in [0.717, 1.165) is 31.6 Å². The number of fused-ring (bicyclic) bond motifs is 1. The summed E-state index contributed by atoms with van der Waals surface area (Å²) < 4.78 is 5.50. The predicted molar refractivity (Wildman–Crippen MR) is 73.9 cm³/mol. The monoisotopic (exact) mass is 245 g/mol. The molecular weight excluding hydrogens is 222 g/mol. The van der Waals surface area contributed by atoms with Crippen LogP contribution in [0.15, 0.2) is 24.3 Å². The lowest BCUT2D eigenvalue weighted by Crippen LogP contribution is -2.46. The number of benzene rings is 1. The Bertz CT molecular complexity index is 398. The number of hydrogen-bond acceptors (Lipinski definition) is 2. The third-order valence-electron chi connectivity index (χ3n) is 4.54. The van der Waals surface area contributed by atoms with Crippen molar-refractivity contribution in [3.8, 4) is 0 Å². The van der Waals surface area contributed by atoms with Crippen molar-refractivity contribution >= 4 is 0 Å². The maximum Gasteiger partial charge on any atom is 0.0469 e. The Morgan fingerprint density at radius 1 is 1.28 bits per heavy atom. The highest BCUT2D eigenvalue weighted by Gasteiger charge is 2.37. The van der Waals surface area contributed by atoms with E-state index in [0.29, 0.717) is 6.04 Å². The van der Waals surface area contributed by atoms with E-state index in [4.69, 9.17) is 4.74 Å². The topological polar surface area (TPSA) is 21.3 Å². The Morgan fingerprint density at radius 3 is 2.78 bits per heavy atom. The normalized spacial score (nSPS) is 25.3. The zero-order chi connectivity index (χ0) is 12.4. The van der Waals surface area contributed by atoms with Crippen LogP contribution in [0.2, 0.25) is 0 Å². The quantitative estimate of drug-likeness (QED) is 0.880. The molecule has 1 aromatic carbocycles. The van der Waals surface area contributed by atoms with Gasteiger partial charge >= 0.3 is 0 Å². The van der Waals surface area contributed by atoms with Gasteiger partial charge in [-0.3, -0.25) is 0 Å². The molecule has 0 spiro atoms. The number of ether oxygens (including phenoxy) is 1. The van der Waals surface area contributed by atoms with Gasteiger partial charge in [-0.05, 0) is 42.9 Å². The van der Waals surface area contributed by atoms with Crippen LogP contribution in [0.5, 0.6) is 0 Å². The Kier molecular flexibility index (Phi) is 3.67. The van der Waals surface area contributed by atoms with Crippen LogP contribution in [0.3, 0.4) is 0 Å². The van der Waals surface area contributed by atoms with Crippen molar-refractivity contribution in [2.75, 3.05) is 19.8 Å². The molecule has 1 saturated heterocycles. The van der Waals surface area contributed by atoms with E-state index in [1.165, 1.54) is 19.3 Å². The lowest BCUT2D eigenvalue weighted by Gasteiger charge is -2.42. The molecule has 0 bridgehead atoms. The molecule has 1 fully saturated rings. The van der Waals surface area contributed by atoms with Crippen molar-refractivity contribution in [3.05, 3.63) is 35.4 Å². The Balaban J connectivity index is 1.75. The zero-order valence-corrected chi connectivity index (χ0v) is 11.2. The fraction of sp³-hybridized carbons (Fsp3) is 0.625. The minimum atomic E-state index is 0.647. The van der Waals surface area contributed by atoms with Crippen LogP contribution in [-0.4, -0.2) is 25.8 Å². The van der Waals surface area contributed by atoms with Crippen molar-refractivity contribution in [1.29, 1.82) is 0 Å². The molecule has 0 saturated carbocycles.